The molecular weight excluding hydrogens is 433 g/mol. The van der Waals surface area contributed by atoms with Crippen molar-refractivity contribution in [2.75, 3.05) is 0 Å². The predicted octanol–water partition coefficient (Wildman–Crippen LogP) is 4.80. The van der Waals surface area contributed by atoms with Crippen LogP contribution in [0, 0.1) is 0 Å². The Kier molecular flexibility index (Phi) is 7.17. The maximum atomic E-state index is 12.6. The van der Waals surface area contributed by atoms with Crippen molar-refractivity contribution in [1.29, 1.82) is 0 Å². The summed E-state index contributed by atoms with van der Waals surface area (Å²) in [6.07, 6.45) is -2.56. The van der Waals surface area contributed by atoms with Crippen LogP contribution in [0.2, 0.25) is 5.02 Å². The minimum Gasteiger partial charge on any atom is -0.487 e. The van der Waals surface area contributed by atoms with Gasteiger partial charge < -0.3 is 10.1 Å². The van der Waals surface area contributed by atoms with Crippen LogP contribution in [-0.4, -0.2) is 20.9 Å². The molecule has 2 aromatic carbocycles. The average molecular weight is 453 g/mol. The number of hydrogen-bond donors (Lipinski definition) is 1. The van der Waals surface area contributed by atoms with Gasteiger partial charge in [-0.2, -0.15) is 13.2 Å². The monoisotopic (exact) mass is 452 g/mol. The van der Waals surface area contributed by atoms with Crippen LogP contribution in [0.15, 0.2) is 54.7 Å². The molecule has 1 amide bonds. The zero-order chi connectivity index (χ0) is 22.4. The summed E-state index contributed by atoms with van der Waals surface area (Å²) in [6, 6.07) is 11.2. The Balaban J connectivity index is 1.44. The van der Waals surface area contributed by atoms with Crippen LogP contribution in [0.25, 0.3) is 0 Å². The van der Waals surface area contributed by atoms with Gasteiger partial charge in [-0.15, -0.1) is 5.10 Å². The van der Waals surface area contributed by atoms with Crippen molar-refractivity contribution in [3.8, 4) is 5.75 Å². The number of rotatable bonds is 8. The topological polar surface area (TPSA) is 69.0 Å². The van der Waals surface area contributed by atoms with Crippen LogP contribution >= 0.6 is 11.6 Å². The molecular formula is C21H20ClF3N4O2. The second kappa shape index (κ2) is 9.82. The first-order chi connectivity index (χ1) is 14.7. The first-order valence-electron chi connectivity index (χ1n) is 9.44. The molecule has 0 spiro atoms. The third-order valence-electron chi connectivity index (χ3n) is 4.47. The summed E-state index contributed by atoms with van der Waals surface area (Å²) in [4.78, 5) is 12.2. The average Bonchev–Trinajstić information content (AvgIpc) is 3.19. The van der Waals surface area contributed by atoms with Gasteiger partial charge in [0.1, 0.15) is 18.1 Å². The van der Waals surface area contributed by atoms with E-state index in [1.165, 1.54) is 16.8 Å². The Morgan fingerprint density at radius 1 is 1.16 bits per heavy atom. The first kappa shape index (κ1) is 22.6. The number of nitrogens with zero attached hydrogens (tertiary/aromatic N) is 3. The van der Waals surface area contributed by atoms with E-state index in [1.807, 2.05) is 0 Å². The number of ether oxygens (including phenoxy) is 1. The lowest BCUT2D eigenvalue weighted by molar-refractivity contribution is -0.137. The fourth-order valence-electron chi connectivity index (χ4n) is 2.78. The van der Waals surface area contributed by atoms with E-state index in [-0.39, 0.29) is 18.9 Å². The van der Waals surface area contributed by atoms with Crippen LogP contribution in [-0.2, 0) is 24.1 Å². The van der Waals surface area contributed by atoms with Gasteiger partial charge in [-0.05, 0) is 48.9 Å². The van der Waals surface area contributed by atoms with Crippen molar-refractivity contribution in [3.63, 3.8) is 0 Å². The summed E-state index contributed by atoms with van der Waals surface area (Å²) in [6.45, 7) is 2.24. The smallest absolute Gasteiger partial charge is 0.416 e. The zero-order valence-corrected chi connectivity index (χ0v) is 17.3. The maximum Gasteiger partial charge on any atom is 0.416 e. The molecule has 0 fully saturated rings. The first-order valence-corrected chi connectivity index (χ1v) is 9.82. The van der Waals surface area contributed by atoms with Crippen molar-refractivity contribution < 1.29 is 22.7 Å². The largest absolute Gasteiger partial charge is 0.487 e. The number of amides is 1. The molecule has 0 radical (unpaired) electrons. The van der Waals surface area contributed by atoms with E-state index < -0.39 is 17.8 Å². The van der Waals surface area contributed by atoms with E-state index in [0.717, 1.165) is 12.1 Å². The number of carbonyl (C=O) groups is 1. The summed E-state index contributed by atoms with van der Waals surface area (Å²) < 4.78 is 45.1. The number of halogens is 4. The Hall–Kier alpha value is -3.07. The number of carbonyl (C=O) groups excluding carboxylic acids is 1. The molecule has 3 rings (SSSR count). The summed E-state index contributed by atoms with van der Waals surface area (Å²) in [5, 5.41) is 11.3. The third-order valence-corrected chi connectivity index (χ3v) is 4.72. The molecule has 1 aromatic heterocycles. The summed E-state index contributed by atoms with van der Waals surface area (Å²) in [5.74, 6) is 0.400. The highest BCUT2D eigenvalue weighted by Gasteiger charge is 2.30. The van der Waals surface area contributed by atoms with Gasteiger partial charge in [-0.3, -0.25) is 9.48 Å². The summed E-state index contributed by atoms with van der Waals surface area (Å²) >= 11 is 5.83. The van der Waals surface area contributed by atoms with Crippen LogP contribution in [0.1, 0.15) is 36.2 Å². The van der Waals surface area contributed by atoms with E-state index in [1.54, 1.807) is 37.4 Å². The molecule has 0 saturated heterocycles. The Labute approximate surface area is 182 Å². The number of hydrogen-bond acceptors (Lipinski definition) is 4. The SMILES string of the molecule is C[C@@H](NC(=O)CCn1cc(COc2ccc(Cl)cc2)nn1)c1ccc(C(F)(F)F)cc1. The molecule has 6 nitrogen and oxygen atoms in total. The van der Waals surface area contributed by atoms with Crippen molar-refractivity contribution in [2.45, 2.75) is 38.7 Å². The number of aromatic nitrogens is 3. The van der Waals surface area contributed by atoms with Crippen LogP contribution < -0.4 is 10.1 Å². The summed E-state index contributed by atoms with van der Waals surface area (Å²) in [7, 11) is 0. The molecule has 0 bridgehead atoms. The van der Waals surface area contributed by atoms with E-state index in [4.69, 9.17) is 16.3 Å². The molecule has 0 aliphatic heterocycles. The van der Waals surface area contributed by atoms with Gasteiger partial charge in [-0.25, -0.2) is 0 Å². The predicted molar refractivity (Wildman–Crippen MR) is 108 cm³/mol. The lowest BCUT2D eigenvalue weighted by atomic mass is 10.1. The molecule has 0 unspecified atom stereocenters. The molecule has 0 aliphatic rings. The van der Waals surface area contributed by atoms with Crippen LogP contribution in [0.5, 0.6) is 5.75 Å². The third kappa shape index (κ3) is 6.71. The highest BCUT2D eigenvalue weighted by Crippen LogP contribution is 2.29. The number of benzene rings is 2. The lowest BCUT2D eigenvalue weighted by Crippen LogP contribution is -2.27. The number of alkyl halides is 3. The van der Waals surface area contributed by atoms with E-state index in [9.17, 15) is 18.0 Å². The number of nitrogens with one attached hydrogen (secondary N) is 1. The van der Waals surface area contributed by atoms with E-state index >= 15 is 0 Å². The van der Waals surface area contributed by atoms with Gasteiger partial charge in [0.2, 0.25) is 5.91 Å². The molecule has 10 heteroatoms. The van der Waals surface area contributed by atoms with Gasteiger partial charge in [0.15, 0.2) is 0 Å². The van der Waals surface area contributed by atoms with Gasteiger partial charge in [0.25, 0.3) is 0 Å². The Morgan fingerprint density at radius 2 is 1.84 bits per heavy atom. The molecule has 1 N–H and O–H groups in total. The highest BCUT2D eigenvalue weighted by atomic mass is 35.5. The molecule has 1 heterocycles. The standard InChI is InChI=1S/C21H20ClF3N4O2/c1-14(15-2-4-16(5-3-15)21(23,24)25)26-20(30)10-11-29-12-18(27-28-29)13-31-19-8-6-17(22)7-9-19/h2-9,12,14H,10-11,13H2,1H3,(H,26,30)/t14-/m1/s1. The lowest BCUT2D eigenvalue weighted by Gasteiger charge is -2.15. The molecule has 1 atom stereocenters. The van der Waals surface area contributed by atoms with E-state index in [2.05, 4.69) is 15.6 Å². The van der Waals surface area contributed by atoms with Gasteiger partial charge >= 0.3 is 6.18 Å². The van der Waals surface area contributed by atoms with Gasteiger partial charge in [0, 0.05) is 11.4 Å². The maximum absolute atomic E-state index is 12.6. The van der Waals surface area contributed by atoms with Gasteiger partial charge in [0.05, 0.1) is 24.3 Å². The molecule has 31 heavy (non-hydrogen) atoms. The fourth-order valence-corrected chi connectivity index (χ4v) is 2.90. The molecule has 0 aliphatic carbocycles. The van der Waals surface area contributed by atoms with Crippen molar-refractivity contribution in [2.24, 2.45) is 0 Å². The van der Waals surface area contributed by atoms with E-state index in [0.29, 0.717) is 28.6 Å². The summed E-state index contributed by atoms with van der Waals surface area (Å²) in [5.41, 5.74) is 0.467. The highest BCUT2D eigenvalue weighted by molar-refractivity contribution is 6.30. The molecule has 3 aromatic rings. The second-order valence-corrected chi connectivity index (χ2v) is 7.31. The minimum absolute atomic E-state index is 0.145. The Bertz CT molecular complexity index is 1000. The second-order valence-electron chi connectivity index (χ2n) is 6.87. The van der Waals surface area contributed by atoms with Crippen LogP contribution in [0.4, 0.5) is 13.2 Å². The minimum atomic E-state index is -4.39. The molecule has 0 saturated carbocycles. The normalized spacial score (nSPS) is 12.4. The van der Waals surface area contributed by atoms with Crippen molar-refractivity contribution in [3.05, 3.63) is 76.6 Å². The van der Waals surface area contributed by atoms with Crippen molar-refractivity contribution in [1.82, 2.24) is 20.3 Å². The Morgan fingerprint density at radius 3 is 2.48 bits per heavy atom. The number of aryl methyl sites for hydroxylation is 1. The van der Waals surface area contributed by atoms with Gasteiger partial charge in [-0.1, -0.05) is 28.9 Å². The van der Waals surface area contributed by atoms with Crippen molar-refractivity contribution >= 4 is 17.5 Å². The molecule has 164 valence electrons. The zero-order valence-electron chi connectivity index (χ0n) is 16.6. The quantitative estimate of drug-likeness (QED) is 0.533. The van der Waals surface area contributed by atoms with Crippen LogP contribution in [0.3, 0.4) is 0 Å². The fraction of sp³-hybridized carbons (Fsp3) is 0.286.